The largest absolute Gasteiger partial charge is 0.444 e. The lowest BCUT2D eigenvalue weighted by Gasteiger charge is -2.11. The summed E-state index contributed by atoms with van der Waals surface area (Å²) in [7, 11) is 0. The monoisotopic (exact) mass is 332 g/mol. The molecule has 0 bridgehead atoms. The van der Waals surface area contributed by atoms with Crippen molar-refractivity contribution >= 4 is 5.97 Å². The molecule has 0 aliphatic carbocycles. The molecule has 5 heteroatoms. The fourth-order valence-corrected chi connectivity index (χ4v) is 2.01. The minimum atomic E-state index is -4.43. The van der Waals surface area contributed by atoms with Crippen LogP contribution in [0.2, 0.25) is 0 Å². The van der Waals surface area contributed by atoms with Gasteiger partial charge in [-0.25, -0.2) is 0 Å². The molecule has 2 aromatic carbocycles. The van der Waals surface area contributed by atoms with Gasteiger partial charge >= 0.3 is 12.1 Å². The molecule has 0 amide bonds. The van der Waals surface area contributed by atoms with Crippen LogP contribution in [0.15, 0.2) is 48.5 Å². The van der Waals surface area contributed by atoms with Crippen LogP contribution in [0.4, 0.5) is 13.2 Å². The van der Waals surface area contributed by atoms with E-state index in [1.165, 1.54) is 19.1 Å². The number of hydrogen-bond acceptors (Lipinski definition) is 2. The molecule has 0 N–H and O–H groups in total. The van der Waals surface area contributed by atoms with Gasteiger partial charge in [-0.05, 0) is 31.0 Å². The Balaban J connectivity index is 2.32. The van der Waals surface area contributed by atoms with Gasteiger partial charge in [-0.1, -0.05) is 41.8 Å². The molecule has 24 heavy (non-hydrogen) atoms. The molecule has 0 saturated heterocycles. The van der Waals surface area contributed by atoms with Crippen LogP contribution in [-0.4, -0.2) is 5.97 Å². The van der Waals surface area contributed by atoms with Crippen LogP contribution in [0.5, 0.6) is 0 Å². The summed E-state index contributed by atoms with van der Waals surface area (Å²) in [5.41, 5.74) is 1.13. The molecule has 124 valence electrons. The van der Waals surface area contributed by atoms with Crippen LogP contribution < -0.4 is 0 Å². The molecule has 0 aliphatic rings. The van der Waals surface area contributed by atoms with E-state index in [-0.39, 0.29) is 5.56 Å². The van der Waals surface area contributed by atoms with Crippen molar-refractivity contribution < 1.29 is 22.7 Å². The molecule has 2 rings (SSSR count). The van der Waals surface area contributed by atoms with E-state index in [9.17, 15) is 18.0 Å². The summed E-state index contributed by atoms with van der Waals surface area (Å²) in [4.78, 5) is 11.3. The molecule has 0 aliphatic heterocycles. The van der Waals surface area contributed by atoms with Gasteiger partial charge in [0.05, 0.1) is 5.56 Å². The Hall–Kier alpha value is -2.74. The van der Waals surface area contributed by atoms with Gasteiger partial charge in [-0.2, -0.15) is 13.2 Å². The van der Waals surface area contributed by atoms with Crippen LogP contribution in [-0.2, 0) is 15.7 Å². The average Bonchev–Trinajstić information content (AvgIpc) is 2.51. The summed E-state index contributed by atoms with van der Waals surface area (Å²) in [6.07, 6.45) is -5.26. The third kappa shape index (κ3) is 4.88. The Morgan fingerprint density at radius 3 is 2.38 bits per heavy atom. The Kier molecular flexibility index (Phi) is 5.30. The van der Waals surface area contributed by atoms with Crippen molar-refractivity contribution in [1.82, 2.24) is 0 Å². The standard InChI is InChI=1S/C19H15F3O2/c1-13-6-9-16(10-7-13)18(24-14(2)23)11-8-15-4-3-5-17(12-15)19(20,21)22/h3-7,9-10,12,18H,1-2H3. The van der Waals surface area contributed by atoms with Crippen LogP contribution in [0.25, 0.3) is 0 Å². The van der Waals surface area contributed by atoms with Crippen LogP contribution in [0.1, 0.15) is 35.3 Å². The first-order valence-electron chi connectivity index (χ1n) is 7.18. The van der Waals surface area contributed by atoms with Gasteiger partial charge in [-0.3, -0.25) is 4.79 Å². The summed E-state index contributed by atoms with van der Waals surface area (Å²) >= 11 is 0. The van der Waals surface area contributed by atoms with Crippen LogP contribution >= 0.6 is 0 Å². The van der Waals surface area contributed by atoms with Crippen molar-refractivity contribution in [3.8, 4) is 11.8 Å². The van der Waals surface area contributed by atoms with Crippen molar-refractivity contribution in [2.24, 2.45) is 0 Å². The van der Waals surface area contributed by atoms with Gasteiger partial charge in [-0.15, -0.1) is 0 Å². The summed E-state index contributed by atoms with van der Waals surface area (Å²) in [6.45, 7) is 3.17. The van der Waals surface area contributed by atoms with E-state index in [4.69, 9.17) is 4.74 Å². The second-order valence-electron chi connectivity index (χ2n) is 5.25. The Morgan fingerprint density at radius 2 is 1.79 bits per heavy atom. The first kappa shape index (κ1) is 17.6. The molecule has 0 saturated carbocycles. The number of alkyl halides is 3. The lowest BCUT2D eigenvalue weighted by molar-refractivity contribution is -0.144. The number of esters is 1. The van der Waals surface area contributed by atoms with Gasteiger partial charge in [0, 0.05) is 18.1 Å². The maximum atomic E-state index is 12.7. The van der Waals surface area contributed by atoms with E-state index >= 15 is 0 Å². The van der Waals surface area contributed by atoms with E-state index < -0.39 is 23.8 Å². The zero-order chi connectivity index (χ0) is 17.7. The Bertz CT molecular complexity index is 781. The minimum absolute atomic E-state index is 0.203. The van der Waals surface area contributed by atoms with Crippen molar-refractivity contribution in [2.75, 3.05) is 0 Å². The third-order valence-corrected chi connectivity index (χ3v) is 3.20. The second-order valence-corrected chi connectivity index (χ2v) is 5.25. The molecule has 0 spiro atoms. The van der Waals surface area contributed by atoms with Crippen molar-refractivity contribution in [3.05, 3.63) is 70.8 Å². The van der Waals surface area contributed by atoms with Gasteiger partial charge < -0.3 is 4.74 Å². The quantitative estimate of drug-likeness (QED) is 0.590. The molecular formula is C19H15F3O2. The van der Waals surface area contributed by atoms with Gasteiger partial charge in [0.25, 0.3) is 0 Å². The predicted molar refractivity (Wildman–Crippen MR) is 84.0 cm³/mol. The van der Waals surface area contributed by atoms with Gasteiger partial charge in [0.1, 0.15) is 0 Å². The first-order chi connectivity index (χ1) is 11.3. The van der Waals surface area contributed by atoms with Crippen molar-refractivity contribution in [2.45, 2.75) is 26.1 Å². The number of ether oxygens (including phenoxy) is 1. The summed E-state index contributed by atoms with van der Waals surface area (Å²) in [5.74, 6) is 4.85. The van der Waals surface area contributed by atoms with Crippen LogP contribution in [0, 0.1) is 18.8 Å². The van der Waals surface area contributed by atoms with E-state index in [0.717, 1.165) is 17.7 Å². The molecular weight excluding hydrogens is 317 g/mol. The number of carbonyl (C=O) groups excluding carboxylic acids is 1. The van der Waals surface area contributed by atoms with E-state index in [1.54, 1.807) is 12.1 Å². The first-order valence-corrected chi connectivity index (χ1v) is 7.18. The SMILES string of the molecule is CC(=O)OC(C#Cc1cccc(C(F)(F)F)c1)c1ccc(C)cc1. The maximum absolute atomic E-state index is 12.7. The summed E-state index contributed by atoms with van der Waals surface area (Å²) < 4.78 is 43.3. The lowest BCUT2D eigenvalue weighted by atomic mass is 10.1. The highest BCUT2D eigenvalue weighted by Gasteiger charge is 2.30. The number of aryl methyl sites for hydroxylation is 1. The zero-order valence-corrected chi connectivity index (χ0v) is 13.1. The second kappa shape index (κ2) is 7.22. The van der Waals surface area contributed by atoms with Crippen molar-refractivity contribution in [3.63, 3.8) is 0 Å². The number of halogens is 3. The molecule has 1 atom stereocenters. The molecule has 0 heterocycles. The van der Waals surface area contributed by atoms with E-state index in [0.29, 0.717) is 5.56 Å². The normalized spacial score (nSPS) is 12.0. The highest BCUT2D eigenvalue weighted by Crippen LogP contribution is 2.29. The number of benzene rings is 2. The topological polar surface area (TPSA) is 26.3 Å². The average molecular weight is 332 g/mol. The molecule has 2 nitrogen and oxygen atoms in total. The number of rotatable bonds is 2. The highest BCUT2D eigenvalue weighted by atomic mass is 19.4. The lowest BCUT2D eigenvalue weighted by Crippen LogP contribution is -2.07. The fourth-order valence-electron chi connectivity index (χ4n) is 2.01. The summed E-state index contributed by atoms with van der Waals surface area (Å²) in [6, 6.07) is 11.9. The van der Waals surface area contributed by atoms with E-state index in [1.807, 2.05) is 19.1 Å². The highest BCUT2D eigenvalue weighted by molar-refractivity contribution is 5.66. The maximum Gasteiger partial charge on any atom is 0.416 e. The zero-order valence-electron chi connectivity index (χ0n) is 13.1. The Labute approximate surface area is 138 Å². The number of carbonyl (C=O) groups is 1. The predicted octanol–water partition coefficient (Wildman–Crippen LogP) is 4.67. The Morgan fingerprint density at radius 1 is 1.12 bits per heavy atom. The number of hydrogen-bond donors (Lipinski definition) is 0. The fraction of sp³-hybridized carbons (Fsp3) is 0.211. The molecule has 0 radical (unpaired) electrons. The van der Waals surface area contributed by atoms with Crippen LogP contribution in [0.3, 0.4) is 0 Å². The third-order valence-electron chi connectivity index (χ3n) is 3.20. The summed E-state index contributed by atoms with van der Waals surface area (Å²) in [5, 5.41) is 0. The van der Waals surface area contributed by atoms with E-state index in [2.05, 4.69) is 11.8 Å². The molecule has 2 aromatic rings. The molecule has 0 fully saturated rings. The van der Waals surface area contributed by atoms with Gasteiger partial charge in [0.2, 0.25) is 0 Å². The smallest absolute Gasteiger partial charge is 0.416 e. The minimum Gasteiger partial charge on any atom is -0.444 e. The molecule has 1 unspecified atom stereocenters. The van der Waals surface area contributed by atoms with Gasteiger partial charge in [0.15, 0.2) is 6.10 Å². The molecule has 0 aromatic heterocycles. The van der Waals surface area contributed by atoms with Crippen molar-refractivity contribution in [1.29, 1.82) is 0 Å².